The fraction of sp³-hybridized carbons (Fsp3) is 0.500. The molecular weight excluding hydrogens is 171 g/mol. The van der Waals surface area contributed by atoms with Crippen LogP contribution in [0.15, 0.2) is 12.1 Å². The van der Waals surface area contributed by atoms with Crippen LogP contribution < -0.4 is 51.4 Å². The molecule has 0 amide bonds. The molecule has 0 aliphatic heterocycles. The Morgan fingerprint density at radius 2 is 1.90 bits per heavy atom. The molecular formula is C4H7BF3KO. The molecule has 0 radical (unpaired) electrons. The van der Waals surface area contributed by atoms with Crippen LogP contribution >= 0.6 is 0 Å². The van der Waals surface area contributed by atoms with Gasteiger partial charge in [-0.15, -0.1) is 5.98 Å². The summed E-state index contributed by atoms with van der Waals surface area (Å²) in [6, 6.07) is 0. The maximum absolute atomic E-state index is 11.3. The molecule has 1 nitrogen and oxygen atoms in total. The fourth-order valence-corrected chi connectivity index (χ4v) is 0.306. The van der Waals surface area contributed by atoms with Crippen LogP contribution in [0, 0.1) is 0 Å². The standard InChI is InChI=1S/C4H7BF3O.K/c1-9-4-2-3-5(6,7)8;/h2-3H,4H2,1H3;/q-1;+1/b3-2+;. The molecule has 0 saturated heterocycles. The van der Waals surface area contributed by atoms with Crippen LogP contribution in [-0.4, -0.2) is 20.7 Å². The van der Waals surface area contributed by atoms with E-state index in [2.05, 4.69) is 4.74 Å². The van der Waals surface area contributed by atoms with Gasteiger partial charge >= 0.3 is 58.4 Å². The normalized spacial score (nSPS) is 11.6. The van der Waals surface area contributed by atoms with Gasteiger partial charge in [0.15, 0.2) is 0 Å². The number of methoxy groups -OCH3 is 1. The summed E-state index contributed by atoms with van der Waals surface area (Å²) in [7, 11) is 1.34. The zero-order chi connectivity index (χ0) is 7.33. The molecule has 0 aliphatic rings. The third-order valence-corrected chi connectivity index (χ3v) is 0.617. The zero-order valence-corrected chi connectivity index (χ0v) is 9.10. The van der Waals surface area contributed by atoms with Crippen LogP contribution in [0.5, 0.6) is 0 Å². The van der Waals surface area contributed by atoms with Crippen molar-refractivity contribution in [3.8, 4) is 0 Å². The van der Waals surface area contributed by atoms with Crippen LogP contribution in [0.2, 0.25) is 0 Å². The second-order valence-corrected chi connectivity index (χ2v) is 1.51. The molecule has 54 valence electrons. The van der Waals surface area contributed by atoms with Gasteiger partial charge in [-0.2, -0.15) is 0 Å². The number of rotatable bonds is 3. The van der Waals surface area contributed by atoms with Crippen molar-refractivity contribution in [2.75, 3.05) is 13.7 Å². The van der Waals surface area contributed by atoms with Crippen LogP contribution in [0.1, 0.15) is 0 Å². The molecule has 0 fully saturated rings. The summed E-state index contributed by atoms with van der Waals surface area (Å²) >= 11 is 0. The van der Waals surface area contributed by atoms with Gasteiger partial charge in [0, 0.05) is 7.11 Å². The third-order valence-electron chi connectivity index (χ3n) is 0.617. The van der Waals surface area contributed by atoms with Crippen molar-refractivity contribution < 1.29 is 69.1 Å². The van der Waals surface area contributed by atoms with Crippen LogP contribution in [0.4, 0.5) is 12.9 Å². The summed E-state index contributed by atoms with van der Waals surface area (Å²) in [5.41, 5.74) is 0. The maximum Gasteiger partial charge on any atom is 1.00 e. The minimum absolute atomic E-state index is 0. The van der Waals surface area contributed by atoms with Crippen molar-refractivity contribution >= 4 is 6.98 Å². The third kappa shape index (κ3) is 11.9. The molecule has 6 heteroatoms. The van der Waals surface area contributed by atoms with E-state index >= 15 is 0 Å². The predicted octanol–water partition coefficient (Wildman–Crippen LogP) is -1.42. The molecule has 0 rings (SSSR count). The van der Waals surface area contributed by atoms with E-state index in [1.165, 1.54) is 7.11 Å². The molecule has 0 N–H and O–H groups in total. The molecule has 0 unspecified atom stereocenters. The van der Waals surface area contributed by atoms with E-state index in [0.29, 0.717) is 0 Å². The van der Waals surface area contributed by atoms with Gasteiger partial charge in [-0.05, 0) is 0 Å². The van der Waals surface area contributed by atoms with Crippen molar-refractivity contribution in [1.29, 1.82) is 0 Å². The Hall–Kier alpha value is 1.19. The van der Waals surface area contributed by atoms with E-state index in [0.717, 1.165) is 6.08 Å². The van der Waals surface area contributed by atoms with E-state index < -0.39 is 6.98 Å². The Bertz CT molecular complexity index is 103. The molecule has 0 heterocycles. The predicted molar refractivity (Wildman–Crippen MR) is 30.1 cm³/mol. The molecule has 0 saturated carbocycles. The average molecular weight is 178 g/mol. The van der Waals surface area contributed by atoms with Gasteiger partial charge in [0.05, 0.1) is 6.61 Å². The van der Waals surface area contributed by atoms with Gasteiger partial charge in [0.2, 0.25) is 0 Å². The quantitative estimate of drug-likeness (QED) is 0.482. The van der Waals surface area contributed by atoms with Gasteiger partial charge in [-0.25, -0.2) is 0 Å². The minimum atomic E-state index is -4.77. The summed E-state index contributed by atoms with van der Waals surface area (Å²) in [5.74, 6) is 0.212. The Balaban J connectivity index is 0. The molecule has 0 atom stereocenters. The monoisotopic (exact) mass is 178 g/mol. The number of ether oxygens (including phenoxy) is 1. The van der Waals surface area contributed by atoms with Gasteiger partial charge in [-0.1, -0.05) is 6.08 Å². The summed E-state index contributed by atoms with van der Waals surface area (Å²) in [6.07, 6.45) is 0.944. The average Bonchev–Trinajstić information content (AvgIpc) is 1.63. The summed E-state index contributed by atoms with van der Waals surface area (Å²) in [4.78, 5) is 0. The molecule has 0 spiro atoms. The smallest absolute Gasteiger partial charge is 0.445 e. The number of hydrogen-bond acceptors (Lipinski definition) is 1. The number of hydrogen-bond donors (Lipinski definition) is 0. The molecule has 10 heavy (non-hydrogen) atoms. The van der Waals surface area contributed by atoms with Crippen molar-refractivity contribution in [3.05, 3.63) is 12.1 Å². The molecule has 0 bridgehead atoms. The van der Waals surface area contributed by atoms with Crippen LogP contribution in [0.25, 0.3) is 0 Å². The van der Waals surface area contributed by atoms with E-state index in [4.69, 9.17) is 0 Å². The van der Waals surface area contributed by atoms with E-state index in [1.54, 1.807) is 0 Å². The summed E-state index contributed by atoms with van der Waals surface area (Å²) < 4.78 is 38.3. The molecule has 0 aromatic rings. The van der Waals surface area contributed by atoms with E-state index in [9.17, 15) is 12.9 Å². The largest absolute Gasteiger partial charge is 1.00 e. The van der Waals surface area contributed by atoms with Gasteiger partial charge in [-0.3, -0.25) is 0 Å². The summed E-state index contributed by atoms with van der Waals surface area (Å²) in [6.45, 7) is -4.76. The zero-order valence-electron chi connectivity index (χ0n) is 5.98. The first-order chi connectivity index (χ1) is 4.06. The fourth-order valence-electron chi connectivity index (χ4n) is 0.306. The Morgan fingerprint density at radius 1 is 1.40 bits per heavy atom. The Labute approximate surface area is 100 Å². The Kier molecular flexibility index (Phi) is 9.46. The Morgan fingerprint density at radius 3 is 2.20 bits per heavy atom. The van der Waals surface area contributed by atoms with Gasteiger partial charge in [0.1, 0.15) is 0 Å². The second-order valence-electron chi connectivity index (χ2n) is 1.51. The van der Waals surface area contributed by atoms with Crippen molar-refractivity contribution in [2.24, 2.45) is 0 Å². The van der Waals surface area contributed by atoms with Crippen LogP contribution in [0.3, 0.4) is 0 Å². The summed E-state index contributed by atoms with van der Waals surface area (Å²) in [5, 5.41) is 0. The second kappa shape index (κ2) is 6.87. The first kappa shape index (κ1) is 13.8. The van der Waals surface area contributed by atoms with Gasteiger partial charge < -0.3 is 17.7 Å². The molecule has 0 aliphatic carbocycles. The maximum atomic E-state index is 11.3. The first-order valence-corrected chi connectivity index (χ1v) is 2.43. The minimum Gasteiger partial charge on any atom is -0.445 e. The number of halogens is 3. The molecule has 0 aromatic carbocycles. The topological polar surface area (TPSA) is 9.23 Å². The van der Waals surface area contributed by atoms with E-state index in [1.807, 2.05) is 0 Å². The van der Waals surface area contributed by atoms with Crippen molar-refractivity contribution in [2.45, 2.75) is 0 Å². The van der Waals surface area contributed by atoms with E-state index in [-0.39, 0.29) is 64.0 Å². The first-order valence-electron chi connectivity index (χ1n) is 2.43. The van der Waals surface area contributed by atoms with Gasteiger partial charge in [0.25, 0.3) is 0 Å². The molecule has 0 aromatic heterocycles. The SMILES string of the molecule is COC/C=C/[B-](F)(F)F.[K+]. The van der Waals surface area contributed by atoms with Crippen molar-refractivity contribution in [1.82, 2.24) is 0 Å². The van der Waals surface area contributed by atoms with Crippen LogP contribution in [-0.2, 0) is 4.74 Å². The van der Waals surface area contributed by atoms with Crippen molar-refractivity contribution in [3.63, 3.8) is 0 Å².